The highest BCUT2D eigenvalue weighted by Gasteiger charge is 2.33. The van der Waals surface area contributed by atoms with Crippen LogP contribution in [-0.4, -0.2) is 26.5 Å². The zero-order valence-electron chi connectivity index (χ0n) is 19.2. The van der Waals surface area contributed by atoms with Gasteiger partial charge < -0.3 is 10.6 Å². The number of benzene rings is 1. The van der Waals surface area contributed by atoms with Gasteiger partial charge in [-0.3, -0.25) is 0 Å². The third kappa shape index (κ3) is 6.82. The minimum absolute atomic E-state index is 0.0843. The molecule has 3 aromatic rings. The summed E-state index contributed by atoms with van der Waals surface area (Å²) >= 11 is 0. The number of fused-ring (bicyclic) bond motifs is 4. The summed E-state index contributed by atoms with van der Waals surface area (Å²) in [6.45, 7) is 0.520. The lowest BCUT2D eigenvalue weighted by Crippen LogP contribution is -2.12. The van der Waals surface area contributed by atoms with Crippen LogP contribution in [0, 0.1) is 0 Å². The van der Waals surface area contributed by atoms with Crippen LogP contribution in [0.2, 0.25) is 0 Å². The molecule has 0 saturated heterocycles. The molecule has 0 atom stereocenters. The minimum atomic E-state index is -4.66. The van der Waals surface area contributed by atoms with Crippen molar-refractivity contribution in [3.8, 4) is 11.5 Å². The highest BCUT2D eigenvalue weighted by molar-refractivity contribution is 5.60. The van der Waals surface area contributed by atoms with E-state index in [-0.39, 0.29) is 29.1 Å². The number of rotatable bonds is 1. The molecular weight excluding hydrogens is 486 g/mol. The van der Waals surface area contributed by atoms with E-state index in [1.807, 2.05) is 0 Å². The highest BCUT2D eigenvalue weighted by atomic mass is 19.4. The van der Waals surface area contributed by atoms with Crippen LogP contribution in [0.3, 0.4) is 0 Å². The summed E-state index contributed by atoms with van der Waals surface area (Å²) in [6.07, 6.45) is -3.30. The van der Waals surface area contributed by atoms with Crippen LogP contribution in [0.1, 0.15) is 55.3 Å². The number of aryl methyl sites for hydroxylation is 1. The number of hydrogen-bond acceptors (Lipinski definition) is 6. The van der Waals surface area contributed by atoms with Gasteiger partial charge >= 0.3 is 12.4 Å². The van der Waals surface area contributed by atoms with E-state index in [2.05, 4.69) is 30.6 Å². The molecule has 0 spiro atoms. The number of alkyl halides is 6. The number of anilines is 3. The average Bonchev–Trinajstić information content (AvgIpc) is 2.81. The molecule has 3 heterocycles. The van der Waals surface area contributed by atoms with Crippen LogP contribution in [-0.2, 0) is 18.8 Å². The maximum Gasteiger partial charge on any atom is 0.433 e. The van der Waals surface area contributed by atoms with E-state index >= 15 is 0 Å². The monoisotopic (exact) mass is 510 g/mol. The van der Waals surface area contributed by atoms with E-state index < -0.39 is 23.6 Å². The smallest absolute Gasteiger partial charge is 0.354 e. The lowest BCUT2D eigenvalue weighted by Gasteiger charge is -2.15. The predicted molar refractivity (Wildman–Crippen MR) is 123 cm³/mol. The first-order valence-electron chi connectivity index (χ1n) is 11.6. The van der Waals surface area contributed by atoms with E-state index in [0.717, 1.165) is 56.7 Å². The third-order valence-corrected chi connectivity index (χ3v) is 5.66. The Labute approximate surface area is 203 Å². The predicted octanol–water partition coefficient (Wildman–Crippen LogP) is 7.02. The number of nitrogens with zero attached hydrogens (tertiary/aromatic N) is 4. The second kappa shape index (κ2) is 10.7. The minimum Gasteiger partial charge on any atom is -0.354 e. The Kier molecular flexibility index (Phi) is 7.60. The van der Waals surface area contributed by atoms with Gasteiger partial charge in [-0.15, -0.1) is 0 Å². The van der Waals surface area contributed by atoms with Gasteiger partial charge in [0.05, 0.1) is 5.56 Å². The van der Waals surface area contributed by atoms with Crippen molar-refractivity contribution in [1.29, 1.82) is 0 Å². The van der Waals surface area contributed by atoms with Gasteiger partial charge in [0.2, 0.25) is 11.9 Å². The van der Waals surface area contributed by atoms with Gasteiger partial charge in [-0.05, 0) is 55.2 Å². The average molecular weight is 510 g/mol. The molecule has 0 unspecified atom stereocenters. The number of aromatic nitrogens is 4. The topological polar surface area (TPSA) is 75.6 Å². The van der Waals surface area contributed by atoms with E-state index in [1.54, 1.807) is 6.07 Å². The summed E-state index contributed by atoms with van der Waals surface area (Å²) in [6, 6.07) is 7.02. The third-order valence-electron chi connectivity index (χ3n) is 5.66. The van der Waals surface area contributed by atoms with Gasteiger partial charge in [0.25, 0.3) is 0 Å². The molecule has 0 aliphatic carbocycles. The summed E-state index contributed by atoms with van der Waals surface area (Å²) in [7, 11) is 0. The summed E-state index contributed by atoms with van der Waals surface area (Å²) in [5.41, 5.74) is -1.42. The van der Waals surface area contributed by atoms with Crippen LogP contribution < -0.4 is 10.6 Å². The summed E-state index contributed by atoms with van der Waals surface area (Å²) in [5.74, 6) is -0.172. The first kappa shape index (κ1) is 25.6. The molecule has 36 heavy (non-hydrogen) atoms. The number of nitrogens with one attached hydrogen (secondary N) is 2. The molecule has 1 aliphatic rings. The van der Waals surface area contributed by atoms with Crippen LogP contribution in [0.5, 0.6) is 0 Å². The first-order valence-corrected chi connectivity index (χ1v) is 11.6. The quantitative estimate of drug-likeness (QED) is 0.343. The molecule has 0 fully saturated rings. The fraction of sp³-hybridized carbons (Fsp3) is 0.417. The zero-order valence-corrected chi connectivity index (χ0v) is 19.2. The number of pyridine rings is 1. The van der Waals surface area contributed by atoms with Crippen molar-refractivity contribution in [2.24, 2.45) is 0 Å². The van der Waals surface area contributed by atoms with Crippen molar-refractivity contribution in [3.05, 3.63) is 53.2 Å². The molecule has 192 valence electrons. The van der Waals surface area contributed by atoms with E-state index in [1.165, 1.54) is 12.1 Å². The fourth-order valence-electron chi connectivity index (χ4n) is 3.91. The lowest BCUT2D eigenvalue weighted by molar-refractivity contribution is -0.141. The van der Waals surface area contributed by atoms with Gasteiger partial charge in [-0.1, -0.05) is 31.7 Å². The van der Waals surface area contributed by atoms with E-state index in [0.29, 0.717) is 18.5 Å². The normalized spacial score (nSPS) is 15.6. The second-order valence-corrected chi connectivity index (χ2v) is 8.55. The SMILES string of the molecule is FC(F)(F)c1cc2cc(c1)Nc1nc(nc(-c3cccc(C(F)(F)F)n3)n1)NCCCCCCCC2. The number of halogens is 6. The van der Waals surface area contributed by atoms with E-state index in [4.69, 9.17) is 0 Å². The fourth-order valence-corrected chi connectivity index (χ4v) is 3.91. The molecule has 0 amide bonds. The summed E-state index contributed by atoms with van der Waals surface area (Å²) < 4.78 is 80.2. The molecule has 4 rings (SSSR count). The Balaban J connectivity index is 1.75. The van der Waals surface area contributed by atoms with Gasteiger partial charge in [0.1, 0.15) is 11.4 Å². The van der Waals surface area contributed by atoms with Crippen molar-refractivity contribution in [2.75, 3.05) is 17.2 Å². The van der Waals surface area contributed by atoms with Crippen molar-refractivity contribution in [1.82, 2.24) is 19.9 Å². The van der Waals surface area contributed by atoms with Crippen LogP contribution in [0.4, 0.5) is 43.9 Å². The summed E-state index contributed by atoms with van der Waals surface area (Å²) in [5, 5.41) is 5.81. The lowest BCUT2D eigenvalue weighted by atomic mass is 10.0. The first-order chi connectivity index (χ1) is 17.1. The van der Waals surface area contributed by atoms with Crippen molar-refractivity contribution < 1.29 is 26.3 Å². The Hall–Kier alpha value is -3.44. The van der Waals surface area contributed by atoms with Gasteiger partial charge in [0.15, 0.2) is 5.82 Å². The Bertz CT molecular complexity index is 1190. The Morgan fingerprint density at radius 1 is 0.694 bits per heavy atom. The van der Waals surface area contributed by atoms with Crippen molar-refractivity contribution in [3.63, 3.8) is 0 Å². The van der Waals surface area contributed by atoms with Crippen molar-refractivity contribution >= 4 is 17.6 Å². The molecule has 6 nitrogen and oxygen atoms in total. The van der Waals surface area contributed by atoms with Crippen LogP contribution in [0.15, 0.2) is 36.4 Å². The highest BCUT2D eigenvalue weighted by Crippen LogP contribution is 2.34. The Morgan fingerprint density at radius 3 is 2.17 bits per heavy atom. The van der Waals surface area contributed by atoms with Gasteiger partial charge in [-0.25, -0.2) is 4.98 Å². The van der Waals surface area contributed by atoms with Gasteiger partial charge in [0, 0.05) is 12.2 Å². The molecule has 2 aromatic heterocycles. The molecule has 12 heteroatoms. The molecule has 4 bridgehead atoms. The largest absolute Gasteiger partial charge is 0.433 e. The summed E-state index contributed by atoms with van der Waals surface area (Å²) in [4.78, 5) is 16.2. The molecule has 1 aromatic carbocycles. The maximum absolute atomic E-state index is 13.5. The zero-order chi connectivity index (χ0) is 25.8. The molecular formula is C24H24F6N6. The number of hydrogen-bond donors (Lipinski definition) is 2. The van der Waals surface area contributed by atoms with Crippen molar-refractivity contribution in [2.45, 2.75) is 57.3 Å². The molecule has 2 N–H and O–H groups in total. The molecule has 0 saturated carbocycles. The standard InChI is InChI=1S/C24H24F6N6/c25-23(26,27)16-12-15-8-5-3-1-2-4-6-11-31-21-34-20(35-22(36-21)32-17(13-15)14-16)18-9-7-10-19(33-18)24(28,29)30/h7,9-10,12-14H,1-6,8,11H2,(H2,31,32,34,35,36). The molecule has 0 radical (unpaired) electrons. The van der Waals surface area contributed by atoms with Gasteiger partial charge in [-0.2, -0.15) is 41.3 Å². The van der Waals surface area contributed by atoms with E-state index in [9.17, 15) is 26.3 Å². The van der Waals surface area contributed by atoms with Crippen LogP contribution in [0.25, 0.3) is 11.5 Å². The van der Waals surface area contributed by atoms with Crippen LogP contribution >= 0.6 is 0 Å². The maximum atomic E-state index is 13.5. The second-order valence-electron chi connectivity index (χ2n) is 8.55. The molecule has 1 aliphatic heterocycles. The Morgan fingerprint density at radius 2 is 1.42 bits per heavy atom.